The van der Waals surface area contributed by atoms with Crippen molar-refractivity contribution in [2.45, 2.75) is 23.8 Å². The fourth-order valence-electron chi connectivity index (χ4n) is 1.67. The molecule has 0 radical (unpaired) electrons. The maximum absolute atomic E-state index is 12.0. The van der Waals surface area contributed by atoms with Crippen LogP contribution in [-0.4, -0.2) is 38.7 Å². The minimum Gasteiger partial charge on any atom is -0.477 e. The molecule has 2 rings (SSSR count). The molecule has 0 bridgehead atoms. The number of carboxylic acid groups (broad SMARTS) is 1. The van der Waals surface area contributed by atoms with E-state index in [1.54, 1.807) is 0 Å². The Kier molecular flexibility index (Phi) is 4.00. The molecular weight excluding hydrogens is 278 g/mol. The van der Waals surface area contributed by atoms with E-state index in [9.17, 15) is 13.2 Å². The SMILES string of the molecule is O=C(O)c1cc(S(=O)(=O)NC2CCOCC2)cs1. The van der Waals surface area contributed by atoms with Crippen LogP contribution in [0.2, 0.25) is 0 Å². The third-order valence-electron chi connectivity index (χ3n) is 2.64. The van der Waals surface area contributed by atoms with Crippen LogP contribution >= 0.6 is 11.3 Å². The van der Waals surface area contributed by atoms with Gasteiger partial charge < -0.3 is 9.84 Å². The first kappa shape index (κ1) is 13.5. The fraction of sp³-hybridized carbons (Fsp3) is 0.500. The molecule has 18 heavy (non-hydrogen) atoms. The Morgan fingerprint density at radius 2 is 2.11 bits per heavy atom. The number of rotatable bonds is 4. The van der Waals surface area contributed by atoms with E-state index in [0.717, 1.165) is 11.3 Å². The normalized spacial score (nSPS) is 17.8. The van der Waals surface area contributed by atoms with E-state index in [0.29, 0.717) is 26.1 Å². The molecule has 0 saturated carbocycles. The molecule has 1 aromatic rings. The molecule has 0 spiro atoms. The second kappa shape index (κ2) is 5.35. The van der Waals surface area contributed by atoms with Gasteiger partial charge in [-0.05, 0) is 18.9 Å². The third kappa shape index (κ3) is 3.08. The highest BCUT2D eigenvalue weighted by molar-refractivity contribution is 7.89. The van der Waals surface area contributed by atoms with Crippen molar-refractivity contribution >= 4 is 27.3 Å². The predicted molar refractivity (Wildman–Crippen MR) is 65.4 cm³/mol. The summed E-state index contributed by atoms with van der Waals surface area (Å²) in [7, 11) is -3.63. The quantitative estimate of drug-likeness (QED) is 0.860. The molecule has 1 aromatic heterocycles. The monoisotopic (exact) mass is 291 g/mol. The zero-order valence-corrected chi connectivity index (χ0v) is 11.1. The van der Waals surface area contributed by atoms with Gasteiger partial charge in [-0.2, -0.15) is 0 Å². The van der Waals surface area contributed by atoms with E-state index in [1.165, 1.54) is 11.4 Å². The Balaban J connectivity index is 2.11. The summed E-state index contributed by atoms with van der Waals surface area (Å²) in [4.78, 5) is 10.7. The molecule has 100 valence electrons. The number of hydrogen-bond donors (Lipinski definition) is 2. The van der Waals surface area contributed by atoms with Crippen LogP contribution in [0.5, 0.6) is 0 Å². The maximum Gasteiger partial charge on any atom is 0.345 e. The lowest BCUT2D eigenvalue weighted by Gasteiger charge is -2.22. The predicted octanol–water partition coefficient (Wildman–Crippen LogP) is 0.904. The van der Waals surface area contributed by atoms with Crippen molar-refractivity contribution in [3.05, 3.63) is 16.3 Å². The van der Waals surface area contributed by atoms with Gasteiger partial charge in [0.05, 0.1) is 4.90 Å². The van der Waals surface area contributed by atoms with Gasteiger partial charge in [0.2, 0.25) is 10.0 Å². The van der Waals surface area contributed by atoms with Crippen LogP contribution in [0, 0.1) is 0 Å². The molecule has 0 amide bonds. The van der Waals surface area contributed by atoms with Crippen LogP contribution in [0.1, 0.15) is 22.5 Å². The first-order chi connectivity index (χ1) is 8.49. The summed E-state index contributed by atoms with van der Waals surface area (Å²) in [6, 6.07) is 1.03. The Morgan fingerprint density at radius 1 is 1.44 bits per heavy atom. The molecule has 0 aromatic carbocycles. The van der Waals surface area contributed by atoms with Crippen LogP contribution in [-0.2, 0) is 14.8 Å². The van der Waals surface area contributed by atoms with Crippen molar-refractivity contribution in [2.75, 3.05) is 13.2 Å². The Bertz CT molecular complexity index is 530. The molecule has 0 atom stereocenters. The zero-order chi connectivity index (χ0) is 13.2. The lowest BCUT2D eigenvalue weighted by Crippen LogP contribution is -2.38. The van der Waals surface area contributed by atoms with Crippen molar-refractivity contribution < 1.29 is 23.1 Å². The summed E-state index contributed by atoms with van der Waals surface area (Å²) >= 11 is 0.903. The number of nitrogens with one attached hydrogen (secondary N) is 1. The maximum atomic E-state index is 12.0. The third-order valence-corrected chi connectivity index (χ3v) is 5.21. The standard InChI is InChI=1S/C10H13NO5S2/c12-10(13)9-5-8(6-17-9)18(14,15)11-7-1-3-16-4-2-7/h5-7,11H,1-4H2,(H,12,13). The summed E-state index contributed by atoms with van der Waals surface area (Å²) in [6.07, 6.45) is 1.27. The molecule has 2 N–H and O–H groups in total. The lowest BCUT2D eigenvalue weighted by molar-refractivity contribution is 0.0702. The van der Waals surface area contributed by atoms with Gasteiger partial charge in [0, 0.05) is 24.6 Å². The Morgan fingerprint density at radius 3 is 2.67 bits per heavy atom. The number of aromatic carboxylic acids is 1. The van der Waals surface area contributed by atoms with E-state index in [4.69, 9.17) is 9.84 Å². The summed E-state index contributed by atoms with van der Waals surface area (Å²) in [6.45, 7) is 1.08. The lowest BCUT2D eigenvalue weighted by atomic mass is 10.1. The minimum atomic E-state index is -3.63. The van der Waals surface area contributed by atoms with Gasteiger partial charge in [0.1, 0.15) is 4.88 Å². The molecule has 0 unspecified atom stereocenters. The van der Waals surface area contributed by atoms with Gasteiger partial charge in [-0.25, -0.2) is 17.9 Å². The molecule has 2 heterocycles. The van der Waals surface area contributed by atoms with Crippen LogP contribution in [0.3, 0.4) is 0 Å². The largest absolute Gasteiger partial charge is 0.477 e. The van der Waals surface area contributed by atoms with Crippen molar-refractivity contribution in [1.82, 2.24) is 4.72 Å². The number of sulfonamides is 1. The highest BCUT2D eigenvalue weighted by atomic mass is 32.2. The van der Waals surface area contributed by atoms with Crippen molar-refractivity contribution in [3.63, 3.8) is 0 Å². The summed E-state index contributed by atoms with van der Waals surface area (Å²) in [5, 5.41) is 10.1. The summed E-state index contributed by atoms with van der Waals surface area (Å²) in [5.74, 6) is -1.12. The zero-order valence-electron chi connectivity index (χ0n) is 9.46. The average molecular weight is 291 g/mol. The van der Waals surface area contributed by atoms with E-state index in [2.05, 4.69) is 4.72 Å². The Labute approximate surface area is 109 Å². The Hall–Kier alpha value is -0.960. The van der Waals surface area contributed by atoms with E-state index in [-0.39, 0.29) is 15.8 Å². The van der Waals surface area contributed by atoms with E-state index >= 15 is 0 Å². The fourth-order valence-corrected chi connectivity index (χ4v) is 4.09. The first-order valence-electron chi connectivity index (χ1n) is 5.41. The smallest absolute Gasteiger partial charge is 0.345 e. The second-order valence-electron chi connectivity index (χ2n) is 3.96. The molecule has 1 aliphatic heterocycles. The van der Waals surface area contributed by atoms with E-state index < -0.39 is 16.0 Å². The first-order valence-corrected chi connectivity index (χ1v) is 7.77. The number of thiophene rings is 1. The van der Waals surface area contributed by atoms with Crippen LogP contribution in [0.4, 0.5) is 0 Å². The molecule has 0 aliphatic carbocycles. The molecule has 1 aliphatic rings. The number of carboxylic acids is 1. The highest BCUT2D eigenvalue weighted by Gasteiger charge is 2.23. The van der Waals surface area contributed by atoms with Gasteiger partial charge >= 0.3 is 5.97 Å². The summed E-state index contributed by atoms with van der Waals surface area (Å²) < 4.78 is 31.7. The second-order valence-corrected chi connectivity index (χ2v) is 6.58. The van der Waals surface area contributed by atoms with Gasteiger partial charge in [0.25, 0.3) is 0 Å². The molecule has 1 fully saturated rings. The minimum absolute atomic E-state index is 0.0105. The molecule has 1 saturated heterocycles. The molecular formula is C10H13NO5S2. The van der Waals surface area contributed by atoms with Gasteiger partial charge in [-0.3, -0.25) is 0 Å². The number of hydrogen-bond acceptors (Lipinski definition) is 5. The van der Waals surface area contributed by atoms with Crippen LogP contribution < -0.4 is 4.72 Å². The highest BCUT2D eigenvalue weighted by Crippen LogP contribution is 2.20. The van der Waals surface area contributed by atoms with Crippen molar-refractivity contribution in [2.24, 2.45) is 0 Å². The summed E-state index contributed by atoms with van der Waals surface area (Å²) in [5.41, 5.74) is 0. The molecule has 6 nitrogen and oxygen atoms in total. The van der Waals surface area contributed by atoms with Gasteiger partial charge in [0.15, 0.2) is 0 Å². The van der Waals surface area contributed by atoms with Crippen LogP contribution in [0.25, 0.3) is 0 Å². The average Bonchev–Trinajstić information content (AvgIpc) is 2.79. The van der Waals surface area contributed by atoms with Gasteiger partial charge in [-0.1, -0.05) is 0 Å². The van der Waals surface area contributed by atoms with Crippen LogP contribution in [0.15, 0.2) is 16.3 Å². The van der Waals surface area contributed by atoms with E-state index in [1.807, 2.05) is 0 Å². The van der Waals surface area contributed by atoms with Crippen molar-refractivity contribution in [3.8, 4) is 0 Å². The topological polar surface area (TPSA) is 92.7 Å². The number of ether oxygens (including phenoxy) is 1. The molecule has 8 heteroatoms. The van der Waals surface area contributed by atoms with Gasteiger partial charge in [-0.15, -0.1) is 11.3 Å². The number of carbonyl (C=O) groups is 1. The van der Waals surface area contributed by atoms with Crippen molar-refractivity contribution in [1.29, 1.82) is 0 Å².